The van der Waals surface area contributed by atoms with E-state index in [0.29, 0.717) is 17.0 Å². The lowest BCUT2D eigenvalue weighted by atomic mass is 10.2. The first kappa shape index (κ1) is 16.0. The van der Waals surface area contributed by atoms with Gasteiger partial charge in [-0.05, 0) is 48.5 Å². The summed E-state index contributed by atoms with van der Waals surface area (Å²) in [6, 6.07) is 18.0. The summed E-state index contributed by atoms with van der Waals surface area (Å²) in [5, 5.41) is 3.90. The third kappa shape index (κ3) is 3.91. The molecular weight excluding hydrogens is 370 g/mol. The van der Waals surface area contributed by atoms with Gasteiger partial charge in [-0.25, -0.2) is 5.43 Å². The minimum absolute atomic E-state index is 0.314. The summed E-state index contributed by atoms with van der Waals surface area (Å²) < 4.78 is 6.68. The Kier molecular flexibility index (Phi) is 4.77. The zero-order valence-electron chi connectivity index (χ0n) is 12.6. The molecule has 0 atom stereocenters. The fourth-order valence-electron chi connectivity index (χ4n) is 2.05. The van der Waals surface area contributed by atoms with Gasteiger partial charge >= 0.3 is 0 Å². The average molecular weight is 384 g/mol. The van der Waals surface area contributed by atoms with E-state index in [0.717, 1.165) is 15.8 Å². The molecule has 0 saturated carbocycles. The minimum atomic E-state index is -0.314. The number of nitrogens with zero attached hydrogens (tertiary/aromatic N) is 1. The first-order chi connectivity index (χ1) is 11.6. The quantitative estimate of drug-likeness (QED) is 0.405. The summed E-state index contributed by atoms with van der Waals surface area (Å²) in [6.07, 6.45) is 1.46. The largest absolute Gasteiger partial charge is 0.455 e. The zero-order chi connectivity index (χ0) is 16.9. The molecule has 0 radical (unpaired) electrons. The first-order valence-corrected chi connectivity index (χ1v) is 7.96. The van der Waals surface area contributed by atoms with Crippen LogP contribution in [0.15, 0.2) is 74.7 Å². The number of carbonyl (C=O) groups is 1. The van der Waals surface area contributed by atoms with Crippen molar-refractivity contribution in [2.24, 2.45) is 5.10 Å². The second kappa shape index (κ2) is 7.14. The second-order valence-corrected chi connectivity index (χ2v) is 5.95. The number of hydrogen-bond acceptors (Lipinski definition) is 4. The number of halogens is 1. The lowest BCUT2D eigenvalue weighted by Crippen LogP contribution is -2.17. The number of nitrogens with two attached hydrogens (primary N) is 1. The highest BCUT2D eigenvalue weighted by molar-refractivity contribution is 9.10. The van der Waals surface area contributed by atoms with Crippen molar-refractivity contribution >= 4 is 33.7 Å². The SMILES string of the molecule is Nc1ccc(C(=O)N/N=C\c2ccc(-c3ccc(Br)cc3)o2)cc1. The van der Waals surface area contributed by atoms with Gasteiger partial charge in [-0.2, -0.15) is 5.10 Å². The van der Waals surface area contributed by atoms with E-state index in [1.807, 2.05) is 30.3 Å². The Hall–Kier alpha value is -2.86. The molecule has 5 nitrogen and oxygen atoms in total. The minimum Gasteiger partial charge on any atom is -0.455 e. The summed E-state index contributed by atoms with van der Waals surface area (Å²) >= 11 is 3.40. The summed E-state index contributed by atoms with van der Waals surface area (Å²) in [5.74, 6) is 0.963. The molecule has 3 aromatic rings. The lowest BCUT2D eigenvalue weighted by molar-refractivity contribution is 0.0955. The van der Waals surface area contributed by atoms with Gasteiger partial charge in [0.2, 0.25) is 0 Å². The number of rotatable bonds is 4. The van der Waals surface area contributed by atoms with E-state index in [1.165, 1.54) is 6.21 Å². The number of benzene rings is 2. The van der Waals surface area contributed by atoms with E-state index < -0.39 is 0 Å². The second-order valence-electron chi connectivity index (χ2n) is 5.03. The fraction of sp³-hybridized carbons (Fsp3) is 0. The van der Waals surface area contributed by atoms with Crippen LogP contribution in [0.25, 0.3) is 11.3 Å². The molecule has 0 spiro atoms. The van der Waals surface area contributed by atoms with Crippen molar-refractivity contribution < 1.29 is 9.21 Å². The van der Waals surface area contributed by atoms with Crippen LogP contribution >= 0.6 is 15.9 Å². The summed E-state index contributed by atoms with van der Waals surface area (Å²) in [4.78, 5) is 11.9. The van der Waals surface area contributed by atoms with E-state index in [1.54, 1.807) is 30.3 Å². The van der Waals surface area contributed by atoms with E-state index in [9.17, 15) is 4.79 Å². The van der Waals surface area contributed by atoms with Crippen LogP contribution < -0.4 is 11.2 Å². The van der Waals surface area contributed by atoms with E-state index >= 15 is 0 Å². The van der Waals surface area contributed by atoms with Gasteiger partial charge in [0.25, 0.3) is 5.91 Å². The first-order valence-electron chi connectivity index (χ1n) is 7.16. The molecule has 3 rings (SSSR count). The van der Waals surface area contributed by atoms with Crippen molar-refractivity contribution in [3.63, 3.8) is 0 Å². The van der Waals surface area contributed by atoms with Crippen LogP contribution in [0.1, 0.15) is 16.1 Å². The molecule has 0 saturated heterocycles. The Bertz CT molecular complexity index is 868. The number of amides is 1. The molecule has 0 unspecified atom stereocenters. The van der Waals surface area contributed by atoms with Crippen molar-refractivity contribution in [1.29, 1.82) is 0 Å². The maximum atomic E-state index is 11.9. The molecular formula is C18H14BrN3O2. The molecule has 0 bridgehead atoms. The number of hydrogen-bond donors (Lipinski definition) is 2. The van der Waals surface area contributed by atoms with Crippen LogP contribution in [0.3, 0.4) is 0 Å². The molecule has 0 fully saturated rings. The van der Waals surface area contributed by atoms with Crippen molar-refractivity contribution in [2.45, 2.75) is 0 Å². The molecule has 1 aromatic heterocycles. The predicted molar refractivity (Wildman–Crippen MR) is 97.8 cm³/mol. The monoisotopic (exact) mass is 383 g/mol. The number of anilines is 1. The summed E-state index contributed by atoms with van der Waals surface area (Å²) in [7, 11) is 0. The molecule has 1 amide bonds. The maximum absolute atomic E-state index is 11.9. The molecule has 0 aliphatic heterocycles. The number of carbonyl (C=O) groups excluding carboxylic acids is 1. The molecule has 1 heterocycles. The maximum Gasteiger partial charge on any atom is 0.271 e. The van der Waals surface area contributed by atoms with E-state index in [-0.39, 0.29) is 5.91 Å². The van der Waals surface area contributed by atoms with Crippen molar-refractivity contribution in [3.05, 3.63) is 76.5 Å². The molecule has 3 N–H and O–H groups in total. The highest BCUT2D eigenvalue weighted by atomic mass is 79.9. The number of nitrogens with one attached hydrogen (secondary N) is 1. The molecule has 0 aliphatic carbocycles. The van der Waals surface area contributed by atoms with Gasteiger partial charge in [-0.1, -0.05) is 28.1 Å². The van der Waals surface area contributed by atoms with Crippen LogP contribution in [0.2, 0.25) is 0 Å². The van der Waals surface area contributed by atoms with Gasteiger partial charge in [0.05, 0.1) is 6.21 Å². The third-order valence-electron chi connectivity index (χ3n) is 3.29. The van der Waals surface area contributed by atoms with Crippen LogP contribution in [-0.2, 0) is 0 Å². The van der Waals surface area contributed by atoms with Gasteiger partial charge < -0.3 is 10.2 Å². The Labute approximate surface area is 147 Å². The van der Waals surface area contributed by atoms with E-state index in [4.69, 9.17) is 10.2 Å². The Morgan fingerprint density at radius 3 is 2.46 bits per heavy atom. The van der Waals surface area contributed by atoms with Crippen LogP contribution in [0.5, 0.6) is 0 Å². The number of furan rings is 1. The number of nitrogen functional groups attached to an aromatic ring is 1. The predicted octanol–water partition coefficient (Wildman–Crippen LogP) is 4.06. The highest BCUT2D eigenvalue weighted by Crippen LogP contribution is 2.23. The van der Waals surface area contributed by atoms with Gasteiger partial charge in [0, 0.05) is 21.3 Å². The fourth-order valence-corrected chi connectivity index (χ4v) is 2.31. The van der Waals surface area contributed by atoms with Crippen LogP contribution in [0, 0.1) is 0 Å². The molecule has 0 aliphatic rings. The number of hydrazone groups is 1. The van der Waals surface area contributed by atoms with Gasteiger partial charge in [0.15, 0.2) is 0 Å². The summed E-state index contributed by atoms with van der Waals surface area (Å²) in [6.45, 7) is 0. The zero-order valence-corrected chi connectivity index (χ0v) is 14.2. The van der Waals surface area contributed by atoms with Gasteiger partial charge in [0.1, 0.15) is 11.5 Å². The molecule has 120 valence electrons. The highest BCUT2D eigenvalue weighted by Gasteiger charge is 2.05. The van der Waals surface area contributed by atoms with Gasteiger partial charge in [-0.3, -0.25) is 4.79 Å². The standard InChI is InChI=1S/C18H14BrN3O2/c19-14-5-1-12(2-6-14)17-10-9-16(24-17)11-21-22-18(23)13-3-7-15(20)8-4-13/h1-11H,20H2,(H,22,23)/b21-11-. The molecule has 24 heavy (non-hydrogen) atoms. The molecule has 2 aromatic carbocycles. The van der Waals surface area contributed by atoms with Crippen molar-refractivity contribution in [3.8, 4) is 11.3 Å². The van der Waals surface area contributed by atoms with E-state index in [2.05, 4.69) is 26.5 Å². The van der Waals surface area contributed by atoms with Crippen molar-refractivity contribution in [1.82, 2.24) is 5.43 Å². The normalized spacial score (nSPS) is 10.9. The Morgan fingerprint density at radius 1 is 1.04 bits per heavy atom. The Morgan fingerprint density at radius 2 is 1.75 bits per heavy atom. The summed E-state index contributed by atoms with van der Waals surface area (Å²) in [5.41, 5.74) is 10.1. The smallest absolute Gasteiger partial charge is 0.271 e. The van der Waals surface area contributed by atoms with Gasteiger partial charge in [-0.15, -0.1) is 0 Å². The lowest BCUT2D eigenvalue weighted by Gasteiger charge is -1.99. The average Bonchev–Trinajstić information content (AvgIpc) is 3.05. The topological polar surface area (TPSA) is 80.6 Å². The van der Waals surface area contributed by atoms with Crippen molar-refractivity contribution in [2.75, 3.05) is 5.73 Å². The third-order valence-corrected chi connectivity index (χ3v) is 3.81. The van der Waals surface area contributed by atoms with Crippen LogP contribution in [0.4, 0.5) is 5.69 Å². The van der Waals surface area contributed by atoms with Crippen LogP contribution in [-0.4, -0.2) is 12.1 Å². The Balaban J connectivity index is 1.64. The molecule has 6 heteroatoms.